The van der Waals surface area contributed by atoms with Gasteiger partial charge in [-0.1, -0.05) is 12.0 Å². The van der Waals surface area contributed by atoms with E-state index in [-0.39, 0.29) is 22.9 Å². The van der Waals surface area contributed by atoms with E-state index in [9.17, 15) is 18.3 Å². The van der Waals surface area contributed by atoms with Crippen LogP contribution in [0.25, 0.3) is 0 Å². The molecule has 0 fully saturated rings. The third-order valence-corrected chi connectivity index (χ3v) is 6.09. The first-order valence-corrected chi connectivity index (χ1v) is 10.4. The second-order valence-corrected chi connectivity index (χ2v) is 8.44. The number of rotatable bonds is 3. The van der Waals surface area contributed by atoms with Crippen molar-refractivity contribution >= 4 is 21.6 Å². The molecule has 1 amide bonds. The van der Waals surface area contributed by atoms with Gasteiger partial charge in [0.2, 0.25) is 10.0 Å². The summed E-state index contributed by atoms with van der Waals surface area (Å²) in [4.78, 5) is 12.7. The molecule has 0 unspecified atom stereocenters. The van der Waals surface area contributed by atoms with Crippen LogP contribution in [0.15, 0.2) is 29.3 Å². The number of aliphatic hydroxyl groups is 1. The maximum Gasteiger partial charge on any atom is 0.276 e. The van der Waals surface area contributed by atoms with E-state index >= 15 is 0 Å². The fraction of sp³-hybridized carbons (Fsp3) is 0.300. The average Bonchev–Trinajstić information content (AvgIpc) is 2.97. The lowest BCUT2D eigenvalue weighted by atomic mass is 10.1. The van der Waals surface area contributed by atoms with Gasteiger partial charge in [-0.25, -0.2) is 13.1 Å². The molecule has 30 heavy (non-hydrogen) atoms. The van der Waals surface area contributed by atoms with Crippen LogP contribution in [0.5, 0.6) is 5.75 Å². The van der Waals surface area contributed by atoms with Gasteiger partial charge in [0, 0.05) is 18.9 Å². The van der Waals surface area contributed by atoms with Crippen molar-refractivity contribution in [3.8, 4) is 23.7 Å². The summed E-state index contributed by atoms with van der Waals surface area (Å²) in [5.41, 5.74) is 1.56. The van der Waals surface area contributed by atoms with Crippen molar-refractivity contribution in [2.75, 3.05) is 11.9 Å². The molecule has 156 valence electrons. The fourth-order valence-corrected chi connectivity index (χ4v) is 4.47. The number of nitrogens with zero attached hydrogens (tertiary/aromatic N) is 2. The zero-order valence-corrected chi connectivity index (χ0v) is 17.4. The van der Waals surface area contributed by atoms with Gasteiger partial charge in [0.1, 0.15) is 17.6 Å². The molecule has 2 atom stereocenters. The molecule has 0 saturated carbocycles. The lowest BCUT2D eigenvalue weighted by molar-refractivity contribution is 0.101. The van der Waals surface area contributed by atoms with E-state index < -0.39 is 28.1 Å². The van der Waals surface area contributed by atoms with Crippen LogP contribution in [0.4, 0.5) is 5.69 Å². The highest BCUT2D eigenvalue weighted by molar-refractivity contribution is 7.89. The Morgan fingerprint density at radius 1 is 1.47 bits per heavy atom. The standard InChI is InChI=1S/C20H20N4O5S/c1-4-5-16(25)15-11-29-19-17(30(27,28)23-15)10-24(3)18(19)20(26)22-14-7-6-12(2)13(8-14)9-21/h6-8,10,15-16,23,25H,11H2,1-3H3,(H,22,26)/t15-,16-/m0/s1. The number of hydrogen-bond acceptors (Lipinski definition) is 6. The first-order valence-electron chi connectivity index (χ1n) is 8.94. The van der Waals surface area contributed by atoms with Gasteiger partial charge in [-0.3, -0.25) is 4.79 Å². The summed E-state index contributed by atoms with van der Waals surface area (Å²) in [5, 5.41) is 21.9. The zero-order valence-electron chi connectivity index (χ0n) is 16.6. The number of nitrogens with one attached hydrogen (secondary N) is 2. The van der Waals surface area contributed by atoms with E-state index in [2.05, 4.69) is 21.9 Å². The molecule has 2 heterocycles. The Morgan fingerprint density at radius 2 is 2.20 bits per heavy atom. The second-order valence-electron chi connectivity index (χ2n) is 6.76. The Hall–Kier alpha value is -3.31. The number of aliphatic hydroxyl groups excluding tert-OH is 1. The number of benzene rings is 1. The minimum absolute atomic E-state index is 0.00817. The minimum atomic E-state index is -4.06. The van der Waals surface area contributed by atoms with E-state index in [1.807, 2.05) is 6.07 Å². The number of fused-ring (bicyclic) bond motifs is 1. The Bertz CT molecular complexity index is 1210. The van der Waals surface area contributed by atoms with Crippen molar-refractivity contribution in [3.05, 3.63) is 41.2 Å². The number of hydrogen-bond donors (Lipinski definition) is 3. The second kappa shape index (κ2) is 8.20. The molecule has 1 aliphatic heterocycles. The monoisotopic (exact) mass is 428 g/mol. The van der Waals surface area contributed by atoms with Gasteiger partial charge in [0.15, 0.2) is 11.4 Å². The van der Waals surface area contributed by atoms with Gasteiger partial charge in [-0.05, 0) is 31.5 Å². The van der Waals surface area contributed by atoms with E-state index in [1.165, 1.54) is 30.8 Å². The third kappa shape index (κ3) is 4.02. The number of carbonyl (C=O) groups excluding carboxylic acids is 1. The van der Waals surface area contributed by atoms with Crippen LogP contribution in [0.1, 0.15) is 28.5 Å². The van der Waals surface area contributed by atoms with Crippen molar-refractivity contribution in [1.29, 1.82) is 5.26 Å². The molecule has 0 radical (unpaired) electrons. The van der Waals surface area contributed by atoms with Gasteiger partial charge in [0.25, 0.3) is 5.91 Å². The highest BCUT2D eigenvalue weighted by Crippen LogP contribution is 2.33. The number of aromatic nitrogens is 1. The number of nitriles is 1. The Balaban J connectivity index is 1.96. The predicted octanol–water partition coefficient (Wildman–Crippen LogP) is 0.881. The number of anilines is 1. The third-order valence-electron chi connectivity index (χ3n) is 4.61. The highest BCUT2D eigenvalue weighted by atomic mass is 32.2. The molecule has 9 nitrogen and oxygen atoms in total. The van der Waals surface area contributed by atoms with Crippen LogP contribution >= 0.6 is 0 Å². The van der Waals surface area contributed by atoms with Crippen LogP contribution < -0.4 is 14.8 Å². The van der Waals surface area contributed by atoms with Crippen molar-refractivity contribution in [1.82, 2.24) is 9.29 Å². The van der Waals surface area contributed by atoms with Gasteiger partial charge in [-0.15, -0.1) is 5.92 Å². The topological polar surface area (TPSA) is 133 Å². The SMILES string of the molecule is CC#C[C@H](O)[C@@H]1COc2c(cn(C)c2C(=O)Nc2ccc(C)c(C#N)c2)S(=O)(=O)N1. The van der Waals surface area contributed by atoms with Gasteiger partial charge in [-0.2, -0.15) is 5.26 Å². The summed E-state index contributed by atoms with van der Waals surface area (Å²) >= 11 is 0. The average molecular weight is 428 g/mol. The van der Waals surface area contributed by atoms with Crippen molar-refractivity contribution in [3.63, 3.8) is 0 Å². The van der Waals surface area contributed by atoms with Crippen LogP contribution in [-0.4, -0.2) is 42.8 Å². The number of amides is 1. The number of ether oxygens (including phenoxy) is 1. The zero-order chi connectivity index (χ0) is 22.1. The molecular formula is C20H20N4O5S. The van der Waals surface area contributed by atoms with E-state index in [4.69, 9.17) is 10.00 Å². The van der Waals surface area contributed by atoms with Crippen molar-refractivity contribution in [2.24, 2.45) is 7.05 Å². The molecule has 1 aliphatic rings. The first kappa shape index (κ1) is 21.4. The van der Waals surface area contributed by atoms with E-state index in [0.29, 0.717) is 11.3 Å². The normalized spacial score (nSPS) is 17.9. The molecule has 1 aromatic heterocycles. The van der Waals surface area contributed by atoms with Gasteiger partial charge in [0.05, 0.1) is 17.7 Å². The molecule has 0 aliphatic carbocycles. The first-order chi connectivity index (χ1) is 14.2. The summed E-state index contributed by atoms with van der Waals surface area (Å²) in [7, 11) is -2.54. The molecule has 2 aromatic rings. The molecule has 0 bridgehead atoms. The molecule has 0 saturated heterocycles. The summed E-state index contributed by atoms with van der Waals surface area (Å²) in [6.07, 6.45) is -0.000324. The maximum absolute atomic E-state index is 12.9. The Morgan fingerprint density at radius 3 is 2.87 bits per heavy atom. The lowest BCUT2D eigenvalue weighted by Gasteiger charge is -2.17. The molecule has 1 aromatic carbocycles. The van der Waals surface area contributed by atoms with Gasteiger partial charge < -0.3 is 19.7 Å². The van der Waals surface area contributed by atoms with Crippen molar-refractivity contribution in [2.45, 2.75) is 30.9 Å². The molecule has 10 heteroatoms. The molecular weight excluding hydrogens is 408 g/mol. The Labute approximate surface area is 174 Å². The fourth-order valence-electron chi connectivity index (χ4n) is 3.05. The molecule has 0 spiro atoms. The largest absolute Gasteiger partial charge is 0.488 e. The molecule has 3 rings (SSSR count). The predicted molar refractivity (Wildman–Crippen MR) is 108 cm³/mol. The summed E-state index contributed by atoms with van der Waals surface area (Å²) in [6.45, 7) is 3.09. The van der Waals surface area contributed by atoms with Crippen molar-refractivity contribution < 1.29 is 23.1 Å². The maximum atomic E-state index is 12.9. The van der Waals surface area contributed by atoms with Gasteiger partial charge >= 0.3 is 0 Å². The molecule has 3 N–H and O–H groups in total. The number of carbonyl (C=O) groups is 1. The summed E-state index contributed by atoms with van der Waals surface area (Å²) in [5.74, 6) is 4.29. The van der Waals surface area contributed by atoms with Crippen LogP contribution in [0.2, 0.25) is 0 Å². The number of aryl methyl sites for hydroxylation is 2. The summed E-state index contributed by atoms with van der Waals surface area (Å²) < 4.78 is 34.8. The van der Waals surface area contributed by atoms with Crippen LogP contribution in [0.3, 0.4) is 0 Å². The Kier molecular flexibility index (Phi) is 5.85. The van der Waals surface area contributed by atoms with E-state index in [0.717, 1.165) is 5.56 Å². The van der Waals surface area contributed by atoms with Crippen LogP contribution in [0, 0.1) is 30.1 Å². The van der Waals surface area contributed by atoms with E-state index in [1.54, 1.807) is 19.1 Å². The smallest absolute Gasteiger partial charge is 0.276 e. The number of sulfonamides is 1. The van der Waals surface area contributed by atoms with Crippen LogP contribution in [-0.2, 0) is 17.1 Å². The lowest BCUT2D eigenvalue weighted by Crippen LogP contribution is -2.45. The summed E-state index contributed by atoms with van der Waals surface area (Å²) in [6, 6.07) is 5.93. The highest BCUT2D eigenvalue weighted by Gasteiger charge is 2.36. The quantitative estimate of drug-likeness (QED) is 0.622. The minimum Gasteiger partial charge on any atom is -0.488 e.